The zero-order valence-electron chi connectivity index (χ0n) is 8.01. The molecule has 13 heavy (non-hydrogen) atoms. The lowest BCUT2D eigenvalue weighted by Gasteiger charge is -2.14. The van der Waals surface area contributed by atoms with E-state index in [0.29, 0.717) is 6.04 Å². The monoisotopic (exact) mass is 182 g/mol. The Morgan fingerprint density at radius 1 is 1.15 bits per heavy atom. The highest BCUT2D eigenvalue weighted by Gasteiger charge is 2.27. The van der Waals surface area contributed by atoms with Crippen LogP contribution in [0.15, 0.2) is 0 Å². The smallest absolute Gasteiger partial charge is 0.237 e. The first-order chi connectivity index (χ1) is 6.36. The van der Waals surface area contributed by atoms with Crippen LogP contribution >= 0.6 is 0 Å². The van der Waals surface area contributed by atoms with Gasteiger partial charge in [-0.25, -0.2) is 0 Å². The lowest BCUT2D eigenvalue weighted by Crippen LogP contribution is -2.44. The first kappa shape index (κ1) is 9.00. The molecule has 1 saturated carbocycles. The molecular formula is C10H18N2O. The number of hydrogen-bond acceptors (Lipinski definition) is 2. The van der Waals surface area contributed by atoms with Gasteiger partial charge in [0.1, 0.15) is 0 Å². The fourth-order valence-corrected chi connectivity index (χ4v) is 1.78. The van der Waals surface area contributed by atoms with Gasteiger partial charge in [0.25, 0.3) is 0 Å². The van der Waals surface area contributed by atoms with Gasteiger partial charge in [0.05, 0.1) is 6.04 Å². The summed E-state index contributed by atoms with van der Waals surface area (Å²) < 4.78 is 0. The number of hydrogen-bond donors (Lipinski definition) is 2. The van der Waals surface area contributed by atoms with Gasteiger partial charge in [0, 0.05) is 6.04 Å². The molecule has 2 fully saturated rings. The van der Waals surface area contributed by atoms with Crippen LogP contribution in [0, 0.1) is 0 Å². The molecule has 1 amide bonds. The SMILES string of the molecule is O=C(NC1CC1)[C@H]1CCCCCN1. The quantitative estimate of drug-likeness (QED) is 0.663. The molecule has 2 rings (SSSR count). The van der Waals surface area contributed by atoms with Crippen molar-refractivity contribution in [2.24, 2.45) is 0 Å². The second kappa shape index (κ2) is 4.09. The maximum atomic E-state index is 11.6. The minimum atomic E-state index is 0.0862. The summed E-state index contributed by atoms with van der Waals surface area (Å²) in [6.07, 6.45) is 7.04. The van der Waals surface area contributed by atoms with E-state index in [0.717, 1.165) is 13.0 Å². The third-order valence-corrected chi connectivity index (χ3v) is 2.80. The van der Waals surface area contributed by atoms with Gasteiger partial charge in [-0.1, -0.05) is 12.8 Å². The molecule has 0 radical (unpaired) electrons. The fraction of sp³-hybridized carbons (Fsp3) is 0.900. The van der Waals surface area contributed by atoms with Crippen molar-refractivity contribution < 1.29 is 4.79 Å². The Balaban J connectivity index is 1.78. The summed E-state index contributed by atoms with van der Waals surface area (Å²) in [6.45, 7) is 1.00. The Bertz CT molecular complexity index is 181. The lowest BCUT2D eigenvalue weighted by atomic mass is 10.1. The van der Waals surface area contributed by atoms with Crippen molar-refractivity contribution in [1.29, 1.82) is 0 Å². The van der Waals surface area contributed by atoms with E-state index < -0.39 is 0 Å². The maximum Gasteiger partial charge on any atom is 0.237 e. The summed E-state index contributed by atoms with van der Waals surface area (Å²) in [4.78, 5) is 11.6. The molecule has 0 bridgehead atoms. The van der Waals surface area contributed by atoms with E-state index in [-0.39, 0.29) is 11.9 Å². The predicted molar refractivity (Wildman–Crippen MR) is 51.4 cm³/mol. The minimum Gasteiger partial charge on any atom is -0.352 e. The van der Waals surface area contributed by atoms with Gasteiger partial charge in [-0.3, -0.25) is 4.79 Å². The first-order valence-corrected chi connectivity index (χ1v) is 5.40. The van der Waals surface area contributed by atoms with Gasteiger partial charge in [0.15, 0.2) is 0 Å². The third kappa shape index (κ3) is 2.69. The van der Waals surface area contributed by atoms with Crippen molar-refractivity contribution in [2.75, 3.05) is 6.54 Å². The second-order valence-electron chi connectivity index (χ2n) is 4.14. The average molecular weight is 182 g/mol. The van der Waals surface area contributed by atoms with Gasteiger partial charge in [-0.05, 0) is 32.2 Å². The molecular weight excluding hydrogens is 164 g/mol. The molecule has 1 saturated heterocycles. The van der Waals surface area contributed by atoms with Crippen LogP contribution < -0.4 is 10.6 Å². The molecule has 0 aromatic rings. The van der Waals surface area contributed by atoms with Crippen LogP contribution in [0.25, 0.3) is 0 Å². The summed E-state index contributed by atoms with van der Waals surface area (Å²) in [5.41, 5.74) is 0. The van der Waals surface area contributed by atoms with Crippen molar-refractivity contribution in [3.63, 3.8) is 0 Å². The molecule has 2 aliphatic rings. The second-order valence-corrected chi connectivity index (χ2v) is 4.14. The maximum absolute atomic E-state index is 11.6. The Morgan fingerprint density at radius 2 is 2.00 bits per heavy atom. The van der Waals surface area contributed by atoms with Crippen molar-refractivity contribution in [3.8, 4) is 0 Å². The average Bonchev–Trinajstić information content (AvgIpc) is 2.87. The standard InChI is InChI=1S/C10H18N2O/c13-10(12-8-5-6-8)9-4-2-1-3-7-11-9/h8-9,11H,1-7H2,(H,12,13)/t9-/m1/s1. The number of rotatable bonds is 2. The van der Waals surface area contributed by atoms with Crippen LogP contribution in [0.5, 0.6) is 0 Å². The molecule has 1 aliphatic carbocycles. The Hall–Kier alpha value is -0.570. The number of amides is 1. The summed E-state index contributed by atoms with van der Waals surface area (Å²) in [6, 6.07) is 0.584. The van der Waals surface area contributed by atoms with Crippen LogP contribution in [-0.4, -0.2) is 24.5 Å². The van der Waals surface area contributed by atoms with Gasteiger partial charge in [-0.15, -0.1) is 0 Å². The van der Waals surface area contributed by atoms with E-state index in [1.807, 2.05) is 0 Å². The topological polar surface area (TPSA) is 41.1 Å². The molecule has 0 aromatic carbocycles. The molecule has 3 nitrogen and oxygen atoms in total. The highest BCUT2D eigenvalue weighted by atomic mass is 16.2. The molecule has 1 aliphatic heterocycles. The third-order valence-electron chi connectivity index (χ3n) is 2.80. The highest BCUT2D eigenvalue weighted by molar-refractivity contribution is 5.82. The number of carbonyl (C=O) groups is 1. The minimum absolute atomic E-state index is 0.0862. The van der Waals surface area contributed by atoms with E-state index in [2.05, 4.69) is 10.6 Å². The van der Waals surface area contributed by atoms with Gasteiger partial charge >= 0.3 is 0 Å². The molecule has 1 atom stereocenters. The lowest BCUT2D eigenvalue weighted by molar-refractivity contribution is -0.123. The van der Waals surface area contributed by atoms with E-state index in [9.17, 15) is 4.79 Å². The highest BCUT2D eigenvalue weighted by Crippen LogP contribution is 2.19. The Morgan fingerprint density at radius 3 is 2.77 bits per heavy atom. The molecule has 3 heteroatoms. The molecule has 2 N–H and O–H groups in total. The summed E-state index contributed by atoms with van der Waals surface area (Å²) in [5, 5.41) is 6.35. The summed E-state index contributed by atoms with van der Waals surface area (Å²) in [7, 11) is 0. The predicted octanol–water partition coefficient (Wildman–Crippen LogP) is 0.797. The fourth-order valence-electron chi connectivity index (χ4n) is 1.78. The van der Waals surface area contributed by atoms with Crippen LogP contribution in [0.2, 0.25) is 0 Å². The van der Waals surface area contributed by atoms with Crippen molar-refractivity contribution >= 4 is 5.91 Å². The van der Waals surface area contributed by atoms with Crippen molar-refractivity contribution in [3.05, 3.63) is 0 Å². The van der Waals surface area contributed by atoms with E-state index in [4.69, 9.17) is 0 Å². The van der Waals surface area contributed by atoms with Crippen molar-refractivity contribution in [2.45, 2.75) is 50.6 Å². The number of nitrogens with one attached hydrogen (secondary N) is 2. The normalized spacial score (nSPS) is 29.4. The molecule has 0 unspecified atom stereocenters. The van der Waals surface area contributed by atoms with Crippen molar-refractivity contribution in [1.82, 2.24) is 10.6 Å². The van der Waals surface area contributed by atoms with E-state index in [1.165, 1.54) is 32.1 Å². The Labute approximate surface area is 79.3 Å². The van der Waals surface area contributed by atoms with Crippen LogP contribution in [-0.2, 0) is 4.79 Å². The zero-order chi connectivity index (χ0) is 9.10. The van der Waals surface area contributed by atoms with Gasteiger partial charge < -0.3 is 10.6 Å². The summed E-state index contributed by atoms with van der Waals surface area (Å²) in [5.74, 6) is 0.226. The van der Waals surface area contributed by atoms with E-state index in [1.54, 1.807) is 0 Å². The molecule has 74 valence electrons. The Kier molecular flexibility index (Phi) is 2.83. The zero-order valence-corrected chi connectivity index (χ0v) is 8.01. The van der Waals surface area contributed by atoms with Gasteiger partial charge in [-0.2, -0.15) is 0 Å². The summed E-state index contributed by atoms with van der Waals surface area (Å²) >= 11 is 0. The van der Waals surface area contributed by atoms with Crippen LogP contribution in [0.3, 0.4) is 0 Å². The molecule has 0 aromatic heterocycles. The number of carbonyl (C=O) groups excluding carboxylic acids is 1. The molecule has 0 spiro atoms. The van der Waals surface area contributed by atoms with Crippen LogP contribution in [0.4, 0.5) is 0 Å². The largest absolute Gasteiger partial charge is 0.352 e. The van der Waals surface area contributed by atoms with E-state index >= 15 is 0 Å². The van der Waals surface area contributed by atoms with Crippen LogP contribution in [0.1, 0.15) is 38.5 Å². The van der Waals surface area contributed by atoms with Gasteiger partial charge in [0.2, 0.25) is 5.91 Å². The molecule has 1 heterocycles. The first-order valence-electron chi connectivity index (χ1n) is 5.40.